The molecule has 1 rings (SSSR count). The third-order valence-electron chi connectivity index (χ3n) is 2.44. The largest absolute Gasteiger partial charge is 0.465 e. The Morgan fingerprint density at radius 2 is 1.95 bits per heavy atom. The van der Waals surface area contributed by atoms with E-state index in [1.54, 1.807) is 14.1 Å². The first kappa shape index (κ1) is 15.4. The molecule has 0 aliphatic rings. The topological polar surface area (TPSA) is 69.6 Å². The maximum atomic E-state index is 11.6. The van der Waals surface area contributed by atoms with Gasteiger partial charge in [-0.1, -0.05) is 18.2 Å². The average Bonchev–Trinajstić information content (AvgIpc) is 2.36. The van der Waals surface area contributed by atoms with Gasteiger partial charge in [0.25, 0.3) is 0 Å². The zero-order valence-electron chi connectivity index (χ0n) is 11.0. The molecule has 1 atom stereocenters. The van der Waals surface area contributed by atoms with Gasteiger partial charge in [0.05, 0.1) is 6.04 Å². The second-order valence-electron chi connectivity index (χ2n) is 4.26. The molecule has 0 spiro atoms. The Bertz CT molecular complexity index is 423. The highest BCUT2D eigenvalue weighted by Gasteiger charge is 2.17. The Labute approximate surface area is 117 Å². The van der Waals surface area contributed by atoms with Crippen LogP contribution in [0.3, 0.4) is 0 Å². The summed E-state index contributed by atoms with van der Waals surface area (Å²) >= 11 is 1.53. The highest BCUT2D eigenvalue weighted by atomic mass is 32.2. The number of hydrogen-bond acceptors (Lipinski definition) is 3. The highest BCUT2D eigenvalue weighted by molar-refractivity contribution is 7.99. The van der Waals surface area contributed by atoms with Gasteiger partial charge in [0.15, 0.2) is 0 Å². The molecule has 104 valence electrons. The Hall–Kier alpha value is -1.69. The Morgan fingerprint density at radius 1 is 1.32 bits per heavy atom. The summed E-state index contributed by atoms with van der Waals surface area (Å²) in [6.45, 7) is 0. The quantitative estimate of drug-likeness (QED) is 0.782. The van der Waals surface area contributed by atoms with Crippen molar-refractivity contribution in [3.8, 4) is 0 Å². The van der Waals surface area contributed by atoms with E-state index in [9.17, 15) is 9.59 Å². The van der Waals surface area contributed by atoms with E-state index in [-0.39, 0.29) is 12.3 Å². The number of amides is 2. The van der Waals surface area contributed by atoms with Crippen LogP contribution < -0.4 is 5.32 Å². The summed E-state index contributed by atoms with van der Waals surface area (Å²) in [4.78, 5) is 24.9. The fourth-order valence-corrected chi connectivity index (χ4v) is 2.38. The Balaban J connectivity index is 2.54. The molecule has 0 radical (unpaired) electrons. The number of rotatable bonds is 6. The van der Waals surface area contributed by atoms with Crippen LogP contribution in [-0.4, -0.2) is 47.9 Å². The standard InChI is InChI=1S/C13H18N2O3S/c1-15(2)12(16)8-10(14-13(17)18)9-19-11-6-4-3-5-7-11/h3-7,10,14H,8-9H2,1-2H3,(H,17,18)/t10-/m1/s1. The van der Waals surface area contributed by atoms with Crippen LogP contribution in [0.25, 0.3) is 0 Å². The summed E-state index contributed by atoms with van der Waals surface area (Å²) < 4.78 is 0. The molecule has 6 heteroatoms. The van der Waals surface area contributed by atoms with Crippen molar-refractivity contribution < 1.29 is 14.7 Å². The van der Waals surface area contributed by atoms with E-state index in [2.05, 4.69) is 5.32 Å². The summed E-state index contributed by atoms with van der Waals surface area (Å²) in [6, 6.07) is 9.29. The van der Waals surface area contributed by atoms with Crippen molar-refractivity contribution in [3.05, 3.63) is 30.3 Å². The zero-order valence-corrected chi connectivity index (χ0v) is 11.8. The van der Waals surface area contributed by atoms with Crippen LogP contribution >= 0.6 is 11.8 Å². The predicted molar refractivity (Wildman–Crippen MR) is 75.4 cm³/mol. The normalized spacial score (nSPS) is 11.7. The number of carbonyl (C=O) groups is 2. The van der Waals surface area contributed by atoms with Crippen LogP contribution in [0.2, 0.25) is 0 Å². The fourth-order valence-electron chi connectivity index (χ4n) is 1.43. The van der Waals surface area contributed by atoms with Crippen molar-refractivity contribution in [1.82, 2.24) is 10.2 Å². The molecule has 2 amide bonds. The summed E-state index contributed by atoms with van der Waals surface area (Å²) in [7, 11) is 3.31. The number of thioether (sulfide) groups is 1. The number of carbonyl (C=O) groups excluding carboxylic acids is 1. The molecule has 0 saturated carbocycles. The molecule has 19 heavy (non-hydrogen) atoms. The zero-order chi connectivity index (χ0) is 14.3. The van der Waals surface area contributed by atoms with Gasteiger partial charge in [-0.2, -0.15) is 0 Å². The molecule has 0 unspecified atom stereocenters. The molecule has 0 fully saturated rings. The van der Waals surface area contributed by atoms with E-state index in [0.29, 0.717) is 5.75 Å². The third kappa shape index (κ3) is 6.15. The highest BCUT2D eigenvalue weighted by Crippen LogP contribution is 2.19. The minimum Gasteiger partial charge on any atom is -0.465 e. The van der Waals surface area contributed by atoms with E-state index in [1.807, 2.05) is 30.3 Å². The van der Waals surface area contributed by atoms with Gasteiger partial charge in [-0.25, -0.2) is 4.79 Å². The van der Waals surface area contributed by atoms with Crippen LogP contribution in [0.5, 0.6) is 0 Å². The second-order valence-corrected chi connectivity index (χ2v) is 5.36. The number of benzene rings is 1. The van der Waals surface area contributed by atoms with E-state index < -0.39 is 12.1 Å². The van der Waals surface area contributed by atoms with Crippen molar-refractivity contribution in [1.29, 1.82) is 0 Å². The molecule has 5 nitrogen and oxygen atoms in total. The lowest BCUT2D eigenvalue weighted by molar-refractivity contribution is -0.129. The van der Waals surface area contributed by atoms with Gasteiger partial charge in [0.2, 0.25) is 5.91 Å². The molecule has 0 saturated heterocycles. The molecule has 0 heterocycles. The first-order valence-corrected chi connectivity index (χ1v) is 6.85. The van der Waals surface area contributed by atoms with Gasteiger partial charge in [0.1, 0.15) is 0 Å². The summed E-state index contributed by atoms with van der Waals surface area (Å²) in [5.74, 6) is 0.433. The molecule has 0 aliphatic heterocycles. The van der Waals surface area contributed by atoms with Crippen molar-refractivity contribution in [3.63, 3.8) is 0 Å². The smallest absolute Gasteiger partial charge is 0.404 e. The van der Waals surface area contributed by atoms with Gasteiger partial charge >= 0.3 is 6.09 Å². The lowest BCUT2D eigenvalue weighted by Gasteiger charge is -2.18. The minimum absolute atomic E-state index is 0.0904. The molecule has 1 aromatic carbocycles. The second kappa shape index (κ2) is 7.68. The first-order valence-electron chi connectivity index (χ1n) is 5.86. The lowest BCUT2D eigenvalue weighted by Crippen LogP contribution is -2.39. The Morgan fingerprint density at radius 3 is 2.47 bits per heavy atom. The van der Waals surface area contributed by atoms with Gasteiger partial charge in [0, 0.05) is 31.2 Å². The minimum atomic E-state index is -1.11. The number of carboxylic acid groups (broad SMARTS) is 1. The van der Waals surface area contributed by atoms with Crippen LogP contribution in [-0.2, 0) is 4.79 Å². The maximum Gasteiger partial charge on any atom is 0.404 e. The monoisotopic (exact) mass is 282 g/mol. The first-order chi connectivity index (χ1) is 8.99. The van der Waals surface area contributed by atoms with Crippen LogP contribution in [0, 0.1) is 0 Å². The fraction of sp³-hybridized carbons (Fsp3) is 0.385. The van der Waals surface area contributed by atoms with E-state index in [1.165, 1.54) is 16.7 Å². The average molecular weight is 282 g/mol. The van der Waals surface area contributed by atoms with Crippen LogP contribution in [0.15, 0.2) is 35.2 Å². The van der Waals surface area contributed by atoms with E-state index in [0.717, 1.165) is 4.90 Å². The van der Waals surface area contributed by atoms with E-state index in [4.69, 9.17) is 5.11 Å². The van der Waals surface area contributed by atoms with E-state index >= 15 is 0 Å². The SMILES string of the molecule is CN(C)C(=O)C[C@H](CSc1ccccc1)NC(=O)O. The van der Waals surface area contributed by atoms with Gasteiger partial charge < -0.3 is 15.3 Å². The van der Waals surface area contributed by atoms with Crippen molar-refractivity contribution >= 4 is 23.8 Å². The molecule has 0 aromatic heterocycles. The Kier molecular flexibility index (Phi) is 6.21. The molecule has 1 aromatic rings. The number of nitrogens with zero attached hydrogens (tertiary/aromatic N) is 1. The van der Waals surface area contributed by atoms with Gasteiger partial charge in [-0.05, 0) is 12.1 Å². The number of hydrogen-bond donors (Lipinski definition) is 2. The van der Waals surface area contributed by atoms with Crippen molar-refractivity contribution in [2.45, 2.75) is 17.4 Å². The van der Waals surface area contributed by atoms with Crippen molar-refractivity contribution in [2.24, 2.45) is 0 Å². The lowest BCUT2D eigenvalue weighted by atomic mass is 10.2. The summed E-state index contributed by atoms with van der Waals surface area (Å²) in [5.41, 5.74) is 0. The summed E-state index contributed by atoms with van der Waals surface area (Å²) in [5, 5.41) is 11.2. The maximum absolute atomic E-state index is 11.6. The van der Waals surface area contributed by atoms with Gasteiger partial charge in [-0.15, -0.1) is 11.8 Å². The van der Waals surface area contributed by atoms with Crippen molar-refractivity contribution in [2.75, 3.05) is 19.8 Å². The number of nitrogens with one attached hydrogen (secondary N) is 1. The van der Waals surface area contributed by atoms with Gasteiger partial charge in [-0.3, -0.25) is 4.79 Å². The van der Waals surface area contributed by atoms with Crippen LogP contribution in [0.1, 0.15) is 6.42 Å². The van der Waals surface area contributed by atoms with Crippen LogP contribution in [0.4, 0.5) is 4.79 Å². The molecular formula is C13H18N2O3S. The summed E-state index contributed by atoms with van der Waals surface area (Å²) in [6.07, 6.45) is -0.940. The predicted octanol–water partition coefficient (Wildman–Crippen LogP) is 1.89. The third-order valence-corrected chi connectivity index (χ3v) is 3.62. The molecule has 2 N–H and O–H groups in total. The molecule has 0 bridgehead atoms. The molecular weight excluding hydrogens is 264 g/mol. The molecule has 0 aliphatic carbocycles.